The third-order valence-electron chi connectivity index (χ3n) is 4.86. The van der Waals surface area contributed by atoms with Gasteiger partial charge in [0.2, 0.25) is 0 Å². The van der Waals surface area contributed by atoms with Gasteiger partial charge in [-0.15, -0.1) is 0 Å². The van der Waals surface area contributed by atoms with Gasteiger partial charge in [0, 0.05) is 18.8 Å². The van der Waals surface area contributed by atoms with Crippen LogP contribution >= 0.6 is 0 Å². The van der Waals surface area contributed by atoms with E-state index in [4.69, 9.17) is 13.9 Å². The quantitative estimate of drug-likeness (QED) is 0.586. The predicted molar refractivity (Wildman–Crippen MR) is 107 cm³/mol. The number of nitrogens with zero attached hydrogens (tertiary/aromatic N) is 1. The maximum absolute atomic E-state index is 12.7. The van der Waals surface area contributed by atoms with Crippen molar-refractivity contribution in [1.82, 2.24) is 0 Å². The number of aliphatic hydroxyl groups excluding tert-OH is 1. The molecule has 1 heterocycles. The van der Waals surface area contributed by atoms with Crippen molar-refractivity contribution in [2.45, 2.75) is 25.7 Å². The minimum atomic E-state index is -0.649. The van der Waals surface area contributed by atoms with Crippen molar-refractivity contribution in [2.24, 2.45) is 4.99 Å². The molecule has 1 aliphatic rings. The Morgan fingerprint density at radius 3 is 2.47 bits per heavy atom. The lowest BCUT2D eigenvalue weighted by Crippen LogP contribution is -2.22. The van der Waals surface area contributed by atoms with Crippen molar-refractivity contribution in [2.75, 3.05) is 14.2 Å². The van der Waals surface area contributed by atoms with Gasteiger partial charge in [-0.25, -0.2) is 9.59 Å². The Morgan fingerprint density at radius 1 is 1.13 bits per heavy atom. The van der Waals surface area contributed by atoms with Crippen LogP contribution in [-0.2, 0) is 14.3 Å². The van der Waals surface area contributed by atoms with Gasteiger partial charge in [-0.2, -0.15) is 0 Å². The third kappa shape index (κ3) is 4.17. The topological polar surface area (TPSA) is 115 Å². The van der Waals surface area contributed by atoms with Crippen molar-refractivity contribution in [1.29, 1.82) is 0 Å². The maximum Gasteiger partial charge on any atom is 0.340 e. The molecule has 0 saturated heterocycles. The van der Waals surface area contributed by atoms with E-state index in [1.165, 1.54) is 38.7 Å². The smallest absolute Gasteiger partial charge is 0.340 e. The highest BCUT2D eigenvalue weighted by Gasteiger charge is 2.31. The number of methoxy groups -OCH3 is 2. The number of hydrogen-bond acceptors (Lipinski definition) is 8. The third-order valence-corrected chi connectivity index (χ3v) is 4.86. The highest BCUT2D eigenvalue weighted by atomic mass is 16.5. The summed E-state index contributed by atoms with van der Waals surface area (Å²) in [6.45, 7) is 1.56. The molecule has 1 aliphatic carbocycles. The van der Waals surface area contributed by atoms with E-state index in [9.17, 15) is 19.5 Å². The van der Waals surface area contributed by atoms with E-state index in [0.29, 0.717) is 5.76 Å². The first-order valence-electron chi connectivity index (χ1n) is 9.20. The molecule has 0 saturated carbocycles. The molecule has 0 radical (unpaired) electrons. The number of benzene rings is 1. The van der Waals surface area contributed by atoms with E-state index in [2.05, 4.69) is 4.99 Å². The molecular formula is C22H21NO7. The average molecular weight is 411 g/mol. The summed E-state index contributed by atoms with van der Waals surface area (Å²) < 4.78 is 14.8. The first-order valence-corrected chi connectivity index (χ1v) is 9.20. The number of allylic oxidation sites excluding steroid dienone is 2. The van der Waals surface area contributed by atoms with Gasteiger partial charge in [0.05, 0.1) is 48.6 Å². The first kappa shape index (κ1) is 21.0. The van der Waals surface area contributed by atoms with Crippen LogP contribution in [-0.4, -0.2) is 42.8 Å². The second kappa shape index (κ2) is 8.77. The van der Waals surface area contributed by atoms with E-state index in [0.717, 1.165) is 0 Å². The molecule has 0 amide bonds. The molecule has 1 aromatic carbocycles. The molecule has 0 spiro atoms. The fourth-order valence-electron chi connectivity index (χ4n) is 3.42. The summed E-state index contributed by atoms with van der Waals surface area (Å²) in [4.78, 5) is 41.1. The molecule has 0 aliphatic heterocycles. The van der Waals surface area contributed by atoms with Gasteiger partial charge in [-0.05, 0) is 37.3 Å². The number of hydrogen-bond donors (Lipinski definition) is 1. The fourth-order valence-corrected chi connectivity index (χ4v) is 3.42. The number of aliphatic hydroxyl groups is 1. The monoisotopic (exact) mass is 411 g/mol. The Bertz CT molecular complexity index is 1050. The van der Waals surface area contributed by atoms with Gasteiger partial charge in [0.25, 0.3) is 0 Å². The second-order valence-electron chi connectivity index (χ2n) is 6.78. The Hall–Kier alpha value is -3.68. The summed E-state index contributed by atoms with van der Waals surface area (Å²) in [5.41, 5.74) is 0.743. The predicted octanol–water partition coefficient (Wildman–Crippen LogP) is 3.90. The Labute approximate surface area is 172 Å². The zero-order valence-corrected chi connectivity index (χ0v) is 16.8. The molecular weight excluding hydrogens is 390 g/mol. The average Bonchev–Trinajstić information content (AvgIpc) is 3.27. The van der Waals surface area contributed by atoms with Crippen molar-refractivity contribution in [3.8, 4) is 0 Å². The molecule has 0 fully saturated rings. The van der Waals surface area contributed by atoms with Gasteiger partial charge in [0.1, 0.15) is 11.5 Å². The van der Waals surface area contributed by atoms with Gasteiger partial charge >= 0.3 is 11.9 Å². The Kier molecular flexibility index (Phi) is 6.15. The molecule has 8 nitrogen and oxygen atoms in total. The van der Waals surface area contributed by atoms with Crippen LogP contribution in [0.5, 0.6) is 0 Å². The molecule has 8 heteroatoms. The summed E-state index contributed by atoms with van der Waals surface area (Å²) in [6, 6.07) is 7.68. The molecule has 3 rings (SSSR count). The van der Waals surface area contributed by atoms with Crippen LogP contribution in [0.15, 0.2) is 57.3 Å². The fraction of sp³-hybridized carbons (Fsp3) is 0.273. The number of rotatable bonds is 5. The summed E-state index contributed by atoms with van der Waals surface area (Å²) in [6.07, 6.45) is 1.91. The van der Waals surface area contributed by atoms with Crippen molar-refractivity contribution in [3.63, 3.8) is 0 Å². The summed E-state index contributed by atoms with van der Waals surface area (Å²) in [5.74, 6) is -1.26. The number of ketones is 1. The minimum Gasteiger partial charge on any atom is -0.511 e. The first-order chi connectivity index (χ1) is 14.3. The maximum atomic E-state index is 12.7. The summed E-state index contributed by atoms with van der Waals surface area (Å²) in [7, 11) is 2.47. The second-order valence-corrected chi connectivity index (χ2v) is 6.78. The molecule has 156 valence electrons. The number of esters is 2. The van der Waals surface area contributed by atoms with Gasteiger partial charge in [-0.3, -0.25) is 9.79 Å². The lowest BCUT2D eigenvalue weighted by molar-refractivity contribution is -0.116. The van der Waals surface area contributed by atoms with Crippen molar-refractivity contribution >= 4 is 29.1 Å². The Morgan fingerprint density at radius 2 is 1.87 bits per heavy atom. The zero-order chi connectivity index (χ0) is 21.8. The van der Waals surface area contributed by atoms with Crippen LogP contribution in [0, 0.1) is 0 Å². The van der Waals surface area contributed by atoms with E-state index >= 15 is 0 Å². The molecule has 1 aromatic heterocycles. The zero-order valence-electron chi connectivity index (χ0n) is 16.8. The summed E-state index contributed by atoms with van der Waals surface area (Å²) >= 11 is 0. The number of Topliss-reactive ketones (excluding diaryl/α,β-unsaturated/α-hetero) is 1. The SMILES string of the molecule is COC(=O)c1ccc(C(=O)OC)c(N=C(C)C2=C(O)CC(c3ccco3)CC2=O)c1. The van der Waals surface area contributed by atoms with Crippen LogP contribution < -0.4 is 0 Å². The van der Waals surface area contributed by atoms with Gasteiger partial charge < -0.3 is 19.0 Å². The van der Waals surface area contributed by atoms with Crippen molar-refractivity contribution < 1.29 is 33.4 Å². The highest BCUT2D eigenvalue weighted by Crippen LogP contribution is 2.35. The molecule has 1 N–H and O–H groups in total. The van der Waals surface area contributed by atoms with Gasteiger partial charge in [0.15, 0.2) is 5.78 Å². The van der Waals surface area contributed by atoms with Crippen molar-refractivity contribution in [3.05, 3.63) is 64.8 Å². The standard InChI is InChI=1S/C22H21NO7/c1-12(20-17(24)10-14(11-18(20)25)19-5-4-8-30-19)23-16-9-13(21(26)28-2)6-7-15(16)22(27)29-3/h4-9,14,24H,10-11H2,1-3H3. The molecule has 30 heavy (non-hydrogen) atoms. The van der Waals surface area contributed by atoms with Crippen LogP contribution in [0.3, 0.4) is 0 Å². The Balaban J connectivity index is 2.01. The van der Waals surface area contributed by atoms with E-state index in [1.54, 1.807) is 19.1 Å². The normalized spacial score (nSPS) is 17.1. The summed E-state index contributed by atoms with van der Waals surface area (Å²) in [5, 5.41) is 10.5. The number of carbonyl (C=O) groups excluding carboxylic acids is 3. The lowest BCUT2D eigenvalue weighted by Gasteiger charge is -2.22. The highest BCUT2D eigenvalue weighted by molar-refractivity contribution is 6.23. The number of ether oxygens (including phenoxy) is 2. The number of carbonyl (C=O) groups is 3. The van der Waals surface area contributed by atoms with Crippen LogP contribution in [0.25, 0.3) is 0 Å². The lowest BCUT2D eigenvalue weighted by atomic mass is 9.84. The van der Waals surface area contributed by atoms with E-state index < -0.39 is 11.9 Å². The molecule has 2 aromatic rings. The van der Waals surface area contributed by atoms with Crippen LogP contribution in [0.1, 0.15) is 52.2 Å². The minimum absolute atomic E-state index is 0.0945. The van der Waals surface area contributed by atoms with Gasteiger partial charge in [-0.1, -0.05) is 0 Å². The number of aliphatic imine (C=N–C) groups is 1. The molecule has 0 bridgehead atoms. The molecule has 1 unspecified atom stereocenters. The number of furan rings is 1. The molecule has 1 atom stereocenters. The largest absolute Gasteiger partial charge is 0.511 e. The van der Waals surface area contributed by atoms with E-state index in [-0.39, 0.29) is 58.4 Å². The van der Waals surface area contributed by atoms with Crippen LogP contribution in [0.4, 0.5) is 5.69 Å². The van der Waals surface area contributed by atoms with Crippen LogP contribution in [0.2, 0.25) is 0 Å². The van der Waals surface area contributed by atoms with E-state index in [1.807, 2.05) is 0 Å².